The van der Waals surface area contributed by atoms with E-state index in [1.165, 1.54) is 4.31 Å². The summed E-state index contributed by atoms with van der Waals surface area (Å²) in [6, 6.07) is 11.4. The molecule has 0 aliphatic heterocycles. The number of ether oxygens (including phenoxy) is 1. The van der Waals surface area contributed by atoms with Gasteiger partial charge >= 0.3 is 0 Å². The fourth-order valence-corrected chi connectivity index (χ4v) is 4.17. The van der Waals surface area contributed by atoms with Gasteiger partial charge < -0.3 is 10.1 Å². The predicted molar refractivity (Wildman–Crippen MR) is 118 cm³/mol. The van der Waals surface area contributed by atoms with E-state index in [1.54, 1.807) is 49.4 Å². The summed E-state index contributed by atoms with van der Waals surface area (Å²) >= 11 is 0. The number of anilines is 2. The standard InChI is InChI=1S/C22H28N2O4S/c1-6-13-28-20-10-8-9-18(15-20)23-22(25)21(7-2)24(29(5,26)27)19-12-11-16(3)17(4)14-19/h6,8-12,14-15,21H,1,7,13H2,2-5H3,(H,23,25). The van der Waals surface area contributed by atoms with Gasteiger partial charge in [0.25, 0.3) is 0 Å². The smallest absolute Gasteiger partial charge is 0.248 e. The second kappa shape index (κ2) is 9.60. The molecule has 0 spiro atoms. The van der Waals surface area contributed by atoms with Gasteiger partial charge in [0, 0.05) is 11.8 Å². The number of sulfonamides is 1. The molecule has 0 saturated heterocycles. The molecule has 2 rings (SSSR count). The van der Waals surface area contributed by atoms with Crippen molar-refractivity contribution >= 4 is 27.3 Å². The number of rotatable bonds is 9. The summed E-state index contributed by atoms with van der Waals surface area (Å²) in [5.74, 6) is 0.182. The molecule has 0 bridgehead atoms. The van der Waals surface area contributed by atoms with Crippen LogP contribution in [0.5, 0.6) is 5.75 Å². The zero-order valence-electron chi connectivity index (χ0n) is 17.3. The first-order chi connectivity index (χ1) is 13.7. The Bertz CT molecular complexity index is 986. The van der Waals surface area contributed by atoms with Gasteiger partial charge in [-0.2, -0.15) is 0 Å². The lowest BCUT2D eigenvalue weighted by Gasteiger charge is -2.30. The van der Waals surface area contributed by atoms with Crippen LogP contribution in [-0.4, -0.2) is 33.2 Å². The number of aryl methyl sites for hydroxylation is 2. The van der Waals surface area contributed by atoms with E-state index in [0.717, 1.165) is 17.4 Å². The lowest BCUT2D eigenvalue weighted by molar-refractivity contribution is -0.117. The molecule has 1 N–H and O–H groups in total. The molecule has 0 radical (unpaired) electrons. The van der Waals surface area contributed by atoms with E-state index in [1.807, 2.05) is 19.9 Å². The Balaban J connectivity index is 2.33. The van der Waals surface area contributed by atoms with Crippen LogP contribution < -0.4 is 14.4 Å². The van der Waals surface area contributed by atoms with Crippen LogP contribution in [-0.2, 0) is 14.8 Å². The zero-order chi connectivity index (χ0) is 21.6. The molecule has 0 aliphatic carbocycles. The fraction of sp³-hybridized carbons (Fsp3) is 0.318. The van der Waals surface area contributed by atoms with Gasteiger partial charge in [-0.05, 0) is 55.7 Å². The van der Waals surface area contributed by atoms with Crippen LogP contribution in [0.2, 0.25) is 0 Å². The molecule has 6 nitrogen and oxygen atoms in total. The van der Waals surface area contributed by atoms with Gasteiger partial charge in [-0.25, -0.2) is 8.42 Å². The summed E-state index contributed by atoms with van der Waals surface area (Å²) in [7, 11) is -3.68. The van der Waals surface area contributed by atoms with Crippen molar-refractivity contribution in [1.29, 1.82) is 0 Å². The Morgan fingerprint density at radius 2 is 1.93 bits per heavy atom. The maximum Gasteiger partial charge on any atom is 0.248 e. The van der Waals surface area contributed by atoms with Crippen molar-refractivity contribution in [1.82, 2.24) is 0 Å². The van der Waals surface area contributed by atoms with Gasteiger partial charge in [-0.3, -0.25) is 9.10 Å². The Hall–Kier alpha value is -2.80. The second-order valence-corrected chi connectivity index (χ2v) is 8.73. The highest BCUT2D eigenvalue weighted by molar-refractivity contribution is 7.92. The highest BCUT2D eigenvalue weighted by Crippen LogP contribution is 2.26. The highest BCUT2D eigenvalue weighted by atomic mass is 32.2. The Labute approximate surface area is 173 Å². The Morgan fingerprint density at radius 3 is 2.52 bits per heavy atom. The van der Waals surface area contributed by atoms with Crippen LogP contribution in [0.1, 0.15) is 24.5 Å². The van der Waals surface area contributed by atoms with E-state index in [2.05, 4.69) is 11.9 Å². The third kappa shape index (κ3) is 5.84. The highest BCUT2D eigenvalue weighted by Gasteiger charge is 2.31. The van der Waals surface area contributed by atoms with E-state index in [-0.39, 0.29) is 0 Å². The Kier molecular flexibility index (Phi) is 7.45. The van der Waals surface area contributed by atoms with Gasteiger partial charge in [-0.15, -0.1) is 0 Å². The van der Waals surface area contributed by atoms with Crippen molar-refractivity contribution in [2.45, 2.75) is 33.2 Å². The molecule has 0 saturated carbocycles. The number of hydrogen-bond acceptors (Lipinski definition) is 4. The molecule has 0 heterocycles. The lowest BCUT2D eigenvalue weighted by Crippen LogP contribution is -2.47. The summed E-state index contributed by atoms with van der Waals surface area (Å²) in [4.78, 5) is 13.0. The van der Waals surface area contributed by atoms with Gasteiger partial charge in [0.15, 0.2) is 0 Å². The number of carbonyl (C=O) groups is 1. The van der Waals surface area contributed by atoms with E-state index in [0.29, 0.717) is 30.2 Å². The van der Waals surface area contributed by atoms with Crippen LogP contribution >= 0.6 is 0 Å². The molecule has 0 fully saturated rings. The first-order valence-corrected chi connectivity index (χ1v) is 11.2. The SMILES string of the molecule is C=CCOc1cccc(NC(=O)C(CC)N(c2ccc(C)c(C)c2)S(C)(=O)=O)c1. The third-order valence-electron chi connectivity index (χ3n) is 4.54. The molecule has 2 aromatic carbocycles. The quantitative estimate of drug-likeness (QED) is 0.626. The fourth-order valence-electron chi connectivity index (χ4n) is 2.97. The maximum atomic E-state index is 13.0. The summed E-state index contributed by atoms with van der Waals surface area (Å²) in [5.41, 5.74) is 3.01. The topological polar surface area (TPSA) is 75.7 Å². The van der Waals surface area contributed by atoms with Gasteiger partial charge in [0.05, 0.1) is 11.9 Å². The summed E-state index contributed by atoms with van der Waals surface area (Å²) in [5, 5.41) is 2.81. The molecule has 2 aromatic rings. The van der Waals surface area contributed by atoms with Crippen molar-refractivity contribution in [2.75, 3.05) is 22.5 Å². The minimum absolute atomic E-state index is 0.318. The lowest BCUT2D eigenvalue weighted by atomic mass is 10.1. The summed E-state index contributed by atoms with van der Waals surface area (Å²) in [6.45, 7) is 9.61. The normalized spacial score (nSPS) is 12.1. The molecule has 0 aromatic heterocycles. The molecular formula is C22H28N2O4S. The van der Waals surface area contributed by atoms with E-state index in [4.69, 9.17) is 4.74 Å². The summed E-state index contributed by atoms with van der Waals surface area (Å²) < 4.78 is 31.8. The average Bonchev–Trinajstić information content (AvgIpc) is 2.66. The van der Waals surface area contributed by atoms with E-state index >= 15 is 0 Å². The van der Waals surface area contributed by atoms with Crippen LogP contribution in [0.15, 0.2) is 55.1 Å². The molecule has 1 unspecified atom stereocenters. The van der Waals surface area contributed by atoms with Gasteiger partial charge in [0.1, 0.15) is 18.4 Å². The number of nitrogens with zero attached hydrogens (tertiary/aromatic N) is 1. The molecular weight excluding hydrogens is 388 g/mol. The Morgan fingerprint density at radius 1 is 1.21 bits per heavy atom. The minimum Gasteiger partial charge on any atom is -0.489 e. The van der Waals surface area contributed by atoms with Crippen LogP contribution in [0.4, 0.5) is 11.4 Å². The largest absolute Gasteiger partial charge is 0.489 e. The van der Waals surface area contributed by atoms with Crippen molar-refractivity contribution in [3.8, 4) is 5.75 Å². The van der Waals surface area contributed by atoms with Crippen molar-refractivity contribution < 1.29 is 17.9 Å². The first-order valence-electron chi connectivity index (χ1n) is 9.38. The van der Waals surface area contributed by atoms with Crippen LogP contribution in [0.25, 0.3) is 0 Å². The molecule has 1 atom stereocenters. The zero-order valence-corrected chi connectivity index (χ0v) is 18.1. The maximum absolute atomic E-state index is 13.0. The molecule has 29 heavy (non-hydrogen) atoms. The number of nitrogens with one attached hydrogen (secondary N) is 1. The number of amides is 1. The van der Waals surface area contributed by atoms with Crippen molar-refractivity contribution in [2.24, 2.45) is 0 Å². The van der Waals surface area contributed by atoms with E-state index < -0.39 is 22.0 Å². The second-order valence-electron chi connectivity index (χ2n) is 6.87. The molecule has 7 heteroatoms. The summed E-state index contributed by atoms with van der Waals surface area (Å²) in [6.07, 6.45) is 3.06. The monoisotopic (exact) mass is 416 g/mol. The third-order valence-corrected chi connectivity index (χ3v) is 5.72. The van der Waals surface area contributed by atoms with Crippen molar-refractivity contribution in [3.63, 3.8) is 0 Å². The molecule has 0 aliphatic rings. The number of carbonyl (C=O) groups excluding carboxylic acids is 1. The van der Waals surface area contributed by atoms with Gasteiger partial charge in [0.2, 0.25) is 15.9 Å². The average molecular weight is 417 g/mol. The predicted octanol–water partition coefficient (Wildman–Crippen LogP) is 4.05. The number of hydrogen-bond donors (Lipinski definition) is 1. The van der Waals surface area contributed by atoms with E-state index in [9.17, 15) is 13.2 Å². The van der Waals surface area contributed by atoms with Crippen LogP contribution in [0.3, 0.4) is 0 Å². The van der Waals surface area contributed by atoms with Gasteiger partial charge in [-0.1, -0.05) is 31.7 Å². The minimum atomic E-state index is -3.68. The number of benzene rings is 2. The molecule has 1 amide bonds. The van der Waals surface area contributed by atoms with Crippen LogP contribution in [0, 0.1) is 13.8 Å². The van der Waals surface area contributed by atoms with Crippen molar-refractivity contribution in [3.05, 3.63) is 66.2 Å². The molecule has 156 valence electrons. The first kappa shape index (κ1) is 22.5.